The van der Waals surface area contributed by atoms with E-state index in [2.05, 4.69) is 10.3 Å². The molecule has 8 rings (SSSR count). The Hall–Kier alpha value is -2.22. The average Bonchev–Trinajstić information content (AvgIpc) is 3.16. The summed E-state index contributed by atoms with van der Waals surface area (Å²) in [6, 6.07) is 14.0. The molecule has 38 heavy (non-hydrogen) atoms. The van der Waals surface area contributed by atoms with Crippen LogP contribution in [0.3, 0.4) is 0 Å². The summed E-state index contributed by atoms with van der Waals surface area (Å²) in [6.07, 6.45) is 15.3. The van der Waals surface area contributed by atoms with Crippen molar-refractivity contribution in [3.63, 3.8) is 0 Å². The molecule has 1 aromatic heterocycles. The van der Waals surface area contributed by atoms with Gasteiger partial charge in [0, 0.05) is 6.04 Å². The normalized spacial score (nSPS) is 29.0. The Balaban J connectivity index is 1.04. The van der Waals surface area contributed by atoms with Crippen LogP contribution in [-0.2, 0) is 0 Å². The molecule has 5 nitrogen and oxygen atoms in total. The summed E-state index contributed by atoms with van der Waals surface area (Å²) in [5.74, 6) is 3.46. The van der Waals surface area contributed by atoms with Gasteiger partial charge in [0.2, 0.25) is 0 Å². The Morgan fingerprint density at radius 2 is 1.47 bits per heavy atom. The molecule has 2 aromatic carbocycles. The van der Waals surface area contributed by atoms with Crippen molar-refractivity contribution in [1.82, 2.24) is 15.3 Å². The van der Waals surface area contributed by atoms with Crippen molar-refractivity contribution in [2.45, 2.75) is 86.5 Å². The van der Waals surface area contributed by atoms with Crippen LogP contribution in [0.4, 0.5) is 0 Å². The van der Waals surface area contributed by atoms with Gasteiger partial charge in [-0.25, -0.2) is 0 Å². The van der Waals surface area contributed by atoms with Crippen LogP contribution in [0.2, 0.25) is 0 Å². The molecule has 2 N–H and O–H groups in total. The van der Waals surface area contributed by atoms with Crippen molar-refractivity contribution in [1.29, 1.82) is 0 Å². The van der Waals surface area contributed by atoms with Crippen molar-refractivity contribution in [2.24, 2.45) is 17.8 Å². The van der Waals surface area contributed by atoms with Gasteiger partial charge < -0.3 is 0 Å². The number of H-pyrrole nitrogens is 1. The van der Waals surface area contributed by atoms with Gasteiger partial charge in [0.05, 0.1) is 0 Å². The quantitative estimate of drug-likeness (QED) is 0.190. The summed E-state index contributed by atoms with van der Waals surface area (Å²) < 4.78 is 0.760. The molecule has 0 saturated heterocycles. The van der Waals surface area contributed by atoms with Crippen LogP contribution >= 0.6 is 0 Å². The molecular formula is C32H37IN3O2-. The molecule has 5 saturated carbocycles. The van der Waals surface area contributed by atoms with Gasteiger partial charge in [-0.1, -0.05) is 25.7 Å². The van der Waals surface area contributed by atoms with Gasteiger partial charge in [0.25, 0.3) is 0 Å². The number of carbonyl (C=O) groups excluding carboxylic acids is 2. The van der Waals surface area contributed by atoms with Crippen LogP contribution < -0.4 is 26.5 Å². The third kappa shape index (κ3) is 4.93. The predicted molar refractivity (Wildman–Crippen MR) is 146 cm³/mol. The van der Waals surface area contributed by atoms with Crippen molar-refractivity contribution >= 4 is 20.7 Å². The second-order valence-electron chi connectivity index (χ2n) is 12.5. The number of imidazole rings is 1. The van der Waals surface area contributed by atoms with Crippen LogP contribution in [-0.4, -0.2) is 29.1 Å². The summed E-state index contributed by atoms with van der Waals surface area (Å²) in [6.45, 7) is 0. The number of hydrogen-bond donors (Lipinski definition) is 2. The number of nitrogens with one attached hydrogen (secondary N) is 2. The van der Waals surface area contributed by atoms with E-state index in [1.54, 1.807) is 0 Å². The molecule has 3 aromatic rings. The van der Waals surface area contributed by atoms with Crippen LogP contribution in [0, 0.1) is 17.8 Å². The minimum atomic E-state index is -0.522. The maximum absolute atomic E-state index is 13.5. The van der Waals surface area contributed by atoms with Crippen LogP contribution in [0.5, 0.6) is 0 Å². The van der Waals surface area contributed by atoms with Crippen molar-refractivity contribution in [2.75, 3.05) is 0 Å². The number of aromatic nitrogens is 2. The van der Waals surface area contributed by atoms with E-state index in [9.17, 15) is 9.59 Å². The van der Waals surface area contributed by atoms with E-state index in [1.165, 1.54) is 64.2 Å². The summed E-state index contributed by atoms with van der Waals surface area (Å²) in [5.41, 5.74) is 4.27. The zero-order valence-corrected chi connectivity index (χ0v) is 24.1. The number of hydrogen-bond acceptors (Lipinski definition) is 3. The standard InChI is InChI=1S/C32H37IN3O2/c37-29(33-32-17-20-13-21(18-32)15-22(14-20)19-32)25-11-12-27-28(16-25)36-30(35-27)23-7-9-24(10-8-23)31(38)34-26-5-3-1-2-4-6-26/h7-12,16,20-22,26H,1-6,13-15,17-19H2,(H,34,38)(H,35,36)/q-1. The number of nitrogens with zero attached hydrogens (tertiary/aromatic N) is 1. The number of rotatable bonds is 6. The molecule has 0 radical (unpaired) electrons. The van der Waals surface area contributed by atoms with Gasteiger partial charge >= 0.3 is 191 Å². The molecule has 1 amide bonds. The summed E-state index contributed by atoms with van der Waals surface area (Å²) in [7, 11) is 0. The number of alkyl halides is 1. The topological polar surface area (TPSA) is 74.8 Å². The Morgan fingerprint density at radius 3 is 2.13 bits per heavy atom. The fraction of sp³-hybridized carbons (Fsp3) is 0.531. The molecule has 0 spiro atoms. The van der Waals surface area contributed by atoms with E-state index in [0.29, 0.717) is 18.8 Å². The van der Waals surface area contributed by atoms with E-state index in [4.69, 9.17) is 4.98 Å². The molecule has 5 aliphatic carbocycles. The summed E-state index contributed by atoms with van der Waals surface area (Å²) >= 11 is -0.522. The zero-order valence-electron chi connectivity index (χ0n) is 22.0. The van der Waals surface area contributed by atoms with Gasteiger partial charge in [-0.15, -0.1) is 0 Å². The van der Waals surface area contributed by atoms with Gasteiger partial charge in [-0.3, -0.25) is 0 Å². The number of aromatic amines is 1. The molecule has 0 aliphatic heterocycles. The SMILES string of the molecule is O=C(NC1CCCCCC1)c1ccc(-c2nc3ccc(C(=O)[I-]C45CC6CC(CC(C6)C4)C5)cc3[nH]2)cc1. The predicted octanol–water partition coefficient (Wildman–Crippen LogP) is 3.88. The third-order valence-electron chi connectivity index (χ3n) is 9.57. The first-order valence-corrected chi connectivity index (χ1v) is 16.8. The first kappa shape index (κ1) is 24.8. The Labute approximate surface area is 235 Å². The van der Waals surface area contributed by atoms with Crippen molar-refractivity contribution in [3.05, 3.63) is 53.6 Å². The van der Waals surface area contributed by atoms with Gasteiger partial charge in [-0.05, 0) is 12.8 Å². The van der Waals surface area contributed by atoms with Crippen LogP contribution in [0.25, 0.3) is 22.4 Å². The molecule has 1 heterocycles. The molecule has 5 fully saturated rings. The molecular weight excluding hydrogens is 585 g/mol. The number of carbonyl (C=O) groups is 2. The van der Waals surface area contributed by atoms with Crippen molar-refractivity contribution in [3.8, 4) is 11.4 Å². The monoisotopic (exact) mass is 622 g/mol. The third-order valence-corrected chi connectivity index (χ3v) is 13.1. The number of benzene rings is 2. The van der Waals surface area contributed by atoms with Gasteiger partial charge in [0.15, 0.2) is 0 Å². The summed E-state index contributed by atoms with van der Waals surface area (Å²) in [5, 5.41) is 3.23. The average molecular weight is 623 g/mol. The molecule has 0 unspecified atom stereocenters. The fourth-order valence-corrected chi connectivity index (χ4v) is 12.3. The molecule has 4 bridgehead atoms. The Kier molecular flexibility index (Phi) is 6.57. The molecule has 0 atom stereocenters. The van der Waals surface area contributed by atoms with Crippen LogP contribution in [0.15, 0.2) is 42.5 Å². The van der Waals surface area contributed by atoms with E-state index in [-0.39, 0.29) is 5.91 Å². The second kappa shape index (κ2) is 10.1. The molecule has 5 aliphatic rings. The van der Waals surface area contributed by atoms with Crippen molar-refractivity contribution < 1.29 is 30.8 Å². The first-order valence-electron chi connectivity index (χ1n) is 14.6. The second-order valence-corrected chi connectivity index (χ2v) is 16.3. The Morgan fingerprint density at radius 1 is 0.842 bits per heavy atom. The fourth-order valence-electron chi connectivity index (χ4n) is 8.10. The number of halogens is 1. The molecule has 6 heteroatoms. The van der Waals surface area contributed by atoms with Crippen LogP contribution in [0.1, 0.15) is 97.8 Å². The van der Waals surface area contributed by atoms with E-state index < -0.39 is 21.2 Å². The first-order chi connectivity index (χ1) is 18.5. The number of fused-ring (bicyclic) bond motifs is 1. The molecule has 200 valence electrons. The number of amides is 1. The minimum absolute atomic E-state index is 0.0125. The Bertz CT molecular complexity index is 1320. The maximum atomic E-state index is 13.5. The van der Waals surface area contributed by atoms with E-state index in [0.717, 1.165) is 58.6 Å². The summed E-state index contributed by atoms with van der Waals surface area (Å²) in [4.78, 5) is 34.5. The van der Waals surface area contributed by atoms with E-state index >= 15 is 0 Å². The van der Waals surface area contributed by atoms with E-state index in [1.807, 2.05) is 42.5 Å². The van der Waals surface area contributed by atoms with Gasteiger partial charge in [-0.2, -0.15) is 0 Å². The zero-order chi connectivity index (χ0) is 25.7. The van der Waals surface area contributed by atoms with Gasteiger partial charge in [0.1, 0.15) is 0 Å².